The summed E-state index contributed by atoms with van der Waals surface area (Å²) in [7, 11) is 0. The summed E-state index contributed by atoms with van der Waals surface area (Å²) in [6, 6.07) is 7.97. The van der Waals surface area contributed by atoms with Crippen LogP contribution in [0.25, 0.3) is 0 Å². The van der Waals surface area contributed by atoms with E-state index < -0.39 is 11.9 Å². The molecule has 0 bridgehead atoms. The second kappa shape index (κ2) is 7.16. The van der Waals surface area contributed by atoms with Gasteiger partial charge in [0.15, 0.2) is 5.69 Å². The minimum Gasteiger partial charge on any atom is -0.352 e. The molecule has 0 aliphatic carbocycles. The highest BCUT2D eigenvalue weighted by Crippen LogP contribution is 2.31. The van der Waals surface area contributed by atoms with Gasteiger partial charge in [-0.2, -0.15) is 18.2 Å². The second-order valence-corrected chi connectivity index (χ2v) is 5.87. The lowest BCUT2D eigenvalue weighted by molar-refractivity contribution is -0.141. The molecule has 2 N–H and O–H groups in total. The number of anilines is 3. The standard InChI is InChI=1S/C15H16BrF3N4/c1-3-9(2)20-14-22-12(15(17,18)19)8-13(23-14)21-11-7-5-4-6-10(11)16/h4-9H,3H2,1-2H3,(H2,20,21,22,23)/t9-/m0/s1. The van der Waals surface area contributed by atoms with E-state index in [1.54, 1.807) is 18.2 Å². The topological polar surface area (TPSA) is 49.8 Å². The molecule has 0 saturated carbocycles. The maximum absolute atomic E-state index is 13.0. The molecule has 0 fully saturated rings. The molecule has 8 heteroatoms. The van der Waals surface area contributed by atoms with Crippen molar-refractivity contribution < 1.29 is 13.2 Å². The van der Waals surface area contributed by atoms with Crippen molar-refractivity contribution in [2.24, 2.45) is 0 Å². The molecule has 0 amide bonds. The number of aromatic nitrogens is 2. The zero-order valence-corrected chi connectivity index (χ0v) is 14.2. The van der Waals surface area contributed by atoms with Gasteiger partial charge in [0.1, 0.15) is 5.82 Å². The highest BCUT2D eigenvalue weighted by atomic mass is 79.9. The van der Waals surface area contributed by atoms with Crippen LogP contribution in [0, 0.1) is 0 Å². The molecule has 0 saturated heterocycles. The predicted molar refractivity (Wildman–Crippen MR) is 87.8 cm³/mol. The summed E-state index contributed by atoms with van der Waals surface area (Å²) in [5, 5.41) is 5.75. The summed E-state index contributed by atoms with van der Waals surface area (Å²) in [5.74, 6) is 0.0220. The maximum Gasteiger partial charge on any atom is 0.433 e. The monoisotopic (exact) mass is 388 g/mol. The first-order valence-corrected chi connectivity index (χ1v) is 7.83. The average Bonchev–Trinajstić information content (AvgIpc) is 2.48. The number of hydrogen-bond acceptors (Lipinski definition) is 4. The number of nitrogens with one attached hydrogen (secondary N) is 2. The minimum absolute atomic E-state index is 0.0326. The van der Waals surface area contributed by atoms with Crippen LogP contribution in [0.5, 0.6) is 0 Å². The molecule has 1 heterocycles. The Hall–Kier alpha value is -1.83. The van der Waals surface area contributed by atoms with E-state index in [4.69, 9.17) is 0 Å². The van der Waals surface area contributed by atoms with Crippen LogP contribution in [0.3, 0.4) is 0 Å². The van der Waals surface area contributed by atoms with Crippen LogP contribution >= 0.6 is 15.9 Å². The fraction of sp³-hybridized carbons (Fsp3) is 0.333. The lowest BCUT2D eigenvalue weighted by Gasteiger charge is -2.15. The van der Waals surface area contributed by atoms with Crippen molar-refractivity contribution >= 4 is 33.4 Å². The Balaban J connectivity index is 2.38. The highest BCUT2D eigenvalue weighted by Gasteiger charge is 2.34. The third kappa shape index (κ3) is 4.82. The molecule has 0 spiro atoms. The number of nitrogens with zero attached hydrogens (tertiary/aromatic N) is 2. The van der Waals surface area contributed by atoms with Gasteiger partial charge >= 0.3 is 6.18 Å². The van der Waals surface area contributed by atoms with Gasteiger partial charge in [0, 0.05) is 16.6 Å². The number of rotatable bonds is 5. The smallest absolute Gasteiger partial charge is 0.352 e. The maximum atomic E-state index is 13.0. The first kappa shape index (κ1) is 17.5. The fourth-order valence-electron chi connectivity index (χ4n) is 1.74. The molecule has 2 rings (SSSR count). The molecule has 0 aliphatic rings. The Bertz CT molecular complexity index is 676. The molecule has 1 aromatic heterocycles. The van der Waals surface area contributed by atoms with Crippen LogP contribution in [0.15, 0.2) is 34.8 Å². The Kier molecular flexibility index (Phi) is 5.46. The van der Waals surface area contributed by atoms with E-state index in [0.717, 1.165) is 17.0 Å². The summed E-state index contributed by atoms with van der Waals surface area (Å²) in [4.78, 5) is 7.67. The second-order valence-electron chi connectivity index (χ2n) is 5.02. The number of halogens is 4. The van der Waals surface area contributed by atoms with Crippen molar-refractivity contribution in [1.29, 1.82) is 0 Å². The van der Waals surface area contributed by atoms with Gasteiger partial charge in [0.2, 0.25) is 5.95 Å². The zero-order valence-electron chi connectivity index (χ0n) is 12.6. The van der Waals surface area contributed by atoms with E-state index in [0.29, 0.717) is 5.69 Å². The normalized spacial score (nSPS) is 12.8. The zero-order chi connectivity index (χ0) is 17.0. The molecule has 2 aromatic rings. The Morgan fingerprint density at radius 2 is 1.91 bits per heavy atom. The quantitative estimate of drug-likeness (QED) is 0.737. The SMILES string of the molecule is CC[C@H](C)Nc1nc(Nc2ccccc2Br)cc(C(F)(F)F)n1. The van der Waals surface area contributed by atoms with Crippen molar-refractivity contribution in [2.45, 2.75) is 32.5 Å². The molecule has 1 aromatic carbocycles. The largest absolute Gasteiger partial charge is 0.433 e. The van der Waals surface area contributed by atoms with E-state index in [-0.39, 0.29) is 17.8 Å². The van der Waals surface area contributed by atoms with E-state index >= 15 is 0 Å². The number of benzene rings is 1. The first-order chi connectivity index (χ1) is 10.8. The van der Waals surface area contributed by atoms with Gasteiger partial charge in [-0.15, -0.1) is 0 Å². The Morgan fingerprint density at radius 1 is 1.22 bits per heavy atom. The summed E-state index contributed by atoms with van der Waals surface area (Å²) in [6.45, 7) is 3.77. The third-order valence-corrected chi connectivity index (χ3v) is 3.83. The summed E-state index contributed by atoms with van der Waals surface area (Å²) >= 11 is 3.34. The first-order valence-electron chi connectivity index (χ1n) is 7.04. The lowest BCUT2D eigenvalue weighted by Crippen LogP contribution is -2.18. The van der Waals surface area contributed by atoms with Crippen LogP contribution in [0.4, 0.5) is 30.6 Å². The molecular formula is C15H16BrF3N4. The average molecular weight is 389 g/mol. The summed E-state index contributed by atoms with van der Waals surface area (Å²) < 4.78 is 39.8. The van der Waals surface area contributed by atoms with Gasteiger partial charge in [-0.1, -0.05) is 19.1 Å². The molecular weight excluding hydrogens is 373 g/mol. The van der Waals surface area contributed by atoms with Gasteiger partial charge in [0.05, 0.1) is 5.69 Å². The van der Waals surface area contributed by atoms with Crippen molar-refractivity contribution in [3.63, 3.8) is 0 Å². The molecule has 0 aliphatic heterocycles. The van der Waals surface area contributed by atoms with E-state index in [1.165, 1.54) is 0 Å². The van der Waals surface area contributed by atoms with Crippen LogP contribution in [0.1, 0.15) is 26.0 Å². The summed E-state index contributed by atoms with van der Waals surface area (Å²) in [5.41, 5.74) is -0.373. The van der Waals surface area contributed by atoms with Crippen molar-refractivity contribution in [3.8, 4) is 0 Å². The molecule has 23 heavy (non-hydrogen) atoms. The number of alkyl halides is 3. The van der Waals surface area contributed by atoms with Crippen molar-refractivity contribution in [2.75, 3.05) is 10.6 Å². The van der Waals surface area contributed by atoms with Crippen LogP contribution in [-0.4, -0.2) is 16.0 Å². The van der Waals surface area contributed by atoms with Gasteiger partial charge in [-0.25, -0.2) is 4.98 Å². The molecule has 0 radical (unpaired) electrons. The minimum atomic E-state index is -4.54. The third-order valence-electron chi connectivity index (χ3n) is 3.14. The van der Waals surface area contributed by atoms with Gasteiger partial charge in [-0.3, -0.25) is 0 Å². The van der Waals surface area contributed by atoms with Gasteiger partial charge in [-0.05, 0) is 41.4 Å². The molecule has 0 unspecified atom stereocenters. The predicted octanol–water partition coefficient (Wildman–Crippen LogP) is 5.21. The fourth-order valence-corrected chi connectivity index (χ4v) is 2.13. The van der Waals surface area contributed by atoms with Crippen molar-refractivity contribution in [1.82, 2.24) is 9.97 Å². The van der Waals surface area contributed by atoms with Crippen molar-refractivity contribution in [3.05, 3.63) is 40.5 Å². The van der Waals surface area contributed by atoms with E-state index in [1.807, 2.05) is 19.9 Å². The molecule has 1 atom stereocenters. The highest BCUT2D eigenvalue weighted by molar-refractivity contribution is 9.10. The van der Waals surface area contributed by atoms with Crippen LogP contribution in [-0.2, 0) is 6.18 Å². The Labute approximate surface area is 140 Å². The Morgan fingerprint density at radius 3 is 2.52 bits per heavy atom. The van der Waals surface area contributed by atoms with Crippen LogP contribution in [0.2, 0.25) is 0 Å². The van der Waals surface area contributed by atoms with E-state index in [2.05, 4.69) is 36.5 Å². The van der Waals surface area contributed by atoms with E-state index in [9.17, 15) is 13.2 Å². The van der Waals surface area contributed by atoms with Gasteiger partial charge in [0.25, 0.3) is 0 Å². The summed E-state index contributed by atoms with van der Waals surface area (Å²) in [6.07, 6.45) is -3.80. The molecule has 124 valence electrons. The number of hydrogen-bond donors (Lipinski definition) is 2. The van der Waals surface area contributed by atoms with Crippen LogP contribution < -0.4 is 10.6 Å². The molecule has 4 nitrogen and oxygen atoms in total. The number of para-hydroxylation sites is 1. The van der Waals surface area contributed by atoms with Gasteiger partial charge < -0.3 is 10.6 Å². The lowest BCUT2D eigenvalue weighted by atomic mass is 10.3.